The largest absolute Gasteiger partial charge is 0.348 e. The topological polar surface area (TPSA) is 46.2 Å². The molecule has 1 aliphatic heterocycles. The van der Waals surface area contributed by atoms with Crippen LogP contribution in [0.2, 0.25) is 0 Å². The van der Waals surface area contributed by atoms with E-state index in [9.17, 15) is 9.59 Å². The zero-order valence-corrected chi connectivity index (χ0v) is 7.49. The van der Waals surface area contributed by atoms with E-state index in [0.717, 1.165) is 11.1 Å². The van der Waals surface area contributed by atoms with Gasteiger partial charge in [0.05, 0.1) is 12.0 Å². The molecule has 3 rings (SSSR count). The van der Waals surface area contributed by atoms with Crippen LogP contribution in [0.15, 0.2) is 24.3 Å². The average molecular weight is 187 g/mol. The number of carbonyl (C=O) groups is 2. The first kappa shape index (κ1) is 7.74. The molecule has 1 amide bonds. The summed E-state index contributed by atoms with van der Waals surface area (Å²) in [6.45, 7) is 0. The standard InChI is InChI=1S/C11H9NO2/c13-9-5-8-10(12-9)6-3-1-2-4-7(6)11(8)14/h1-4,8,10H,5H2,(H,12,13)/t8-,10-/m1/s1. The van der Waals surface area contributed by atoms with Crippen molar-refractivity contribution in [3.63, 3.8) is 0 Å². The summed E-state index contributed by atoms with van der Waals surface area (Å²) < 4.78 is 0. The molecule has 0 spiro atoms. The minimum Gasteiger partial charge on any atom is -0.348 e. The van der Waals surface area contributed by atoms with Gasteiger partial charge in [-0.05, 0) is 5.56 Å². The summed E-state index contributed by atoms with van der Waals surface area (Å²) in [4.78, 5) is 23.0. The van der Waals surface area contributed by atoms with Crippen LogP contribution in [0.4, 0.5) is 0 Å². The van der Waals surface area contributed by atoms with Crippen LogP contribution in [-0.4, -0.2) is 11.7 Å². The van der Waals surface area contributed by atoms with Crippen LogP contribution >= 0.6 is 0 Å². The highest BCUT2D eigenvalue weighted by Gasteiger charge is 2.45. The van der Waals surface area contributed by atoms with Gasteiger partial charge in [0.25, 0.3) is 0 Å². The number of hydrogen-bond donors (Lipinski definition) is 1. The Hall–Kier alpha value is -1.64. The summed E-state index contributed by atoms with van der Waals surface area (Å²) in [5.74, 6) is -0.0493. The molecule has 1 aliphatic carbocycles. The third kappa shape index (κ3) is 0.816. The van der Waals surface area contributed by atoms with Crippen LogP contribution in [0.5, 0.6) is 0 Å². The van der Waals surface area contributed by atoms with Crippen molar-refractivity contribution in [2.24, 2.45) is 5.92 Å². The molecule has 3 nitrogen and oxygen atoms in total. The average Bonchev–Trinajstić information content (AvgIpc) is 2.68. The first-order valence-electron chi connectivity index (χ1n) is 4.70. The van der Waals surface area contributed by atoms with Gasteiger partial charge in [0.15, 0.2) is 5.78 Å². The maximum atomic E-state index is 11.8. The molecule has 0 aromatic heterocycles. The number of fused-ring (bicyclic) bond motifs is 3. The van der Waals surface area contributed by atoms with E-state index in [2.05, 4.69) is 5.32 Å². The van der Waals surface area contributed by atoms with E-state index in [4.69, 9.17) is 0 Å². The predicted octanol–water partition coefficient (Wildman–Crippen LogP) is 1.06. The molecule has 1 heterocycles. The maximum absolute atomic E-state index is 11.8. The van der Waals surface area contributed by atoms with Gasteiger partial charge in [0.1, 0.15) is 0 Å². The van der Waals surface area contributed by atoms with Gasteiger partial charge in [0.2, 0.25) is 5.91 Å². The summed E-state index contributed by atoms with van der Waals surface area (Å²) >= 11 is 0. The maximum Gasteiger partial charge on any atom is 0.221 e. The summed E-state index contributed by atoms with van der Waals surface area (Å²) in [5, 5.41) is 2.84. The van der Waals surface area contributed by atoms with Crippen molar-refractivity contribution in [2.45, 2.75) is 12.5 Å². The van der Waals surface area contributed by atoms with Gasteiger partial charge in [0, 0.05) is 12.0 Å². The lowest BCUT2D eigenvalue weighted by molar-refractivity contribution is -0.119. The molecule has 0 bridgehead atoms. The molecule has 2 atom stereocenters. The number of amides is 1. The van der Waals surface area contributed by atoms with Gasteiger partial charge in [-0.1, -0.05) is 24.3 Å². The highest BCUT2D eigenvalue weighted by atomic mass is 16.2. The lowest BCUT2D eigenvalue weighted by atomic mass is 10.0. The van der Waals surface area contributed by atoms with Crippen molar-refractivity contribution >= 4 is 11.7 Å². The smallest absolute Gasteiger partial charge is 0.221 e. The number of benzene rings is 1. The monoisotopic (exact) mass is 187 g/mol. The first-order valence-corrected chi connectivity index (χ1v) is 4.70. The molecular weight excluding hydrogens is 178 g/mol. The molecule has 0 unspecified atom stereocenters. The van der Waals surface area contributed by atoms with Crippen LogP contribution in [0, 0.1) is 5.92 Å². The van der Waals surface area contributed by atoms with Gasteiger partial charge in [-0.3, -0.25) is 9.59 Å². The quantitative estimate of drug-likeness (QED) is 0.660. The minimum absolute atomic E-state index is 0.0112. The Kier molecular flexibility index (Phi) is 1.35. The van der Waals surface area contributed by atoms with Gasteiger partial charge in [-0.15, -0.1) is 0 Å². The Balaban J connectivity index is 2.16. The Bertz CT molecular complexity index is 439. The molecule has 0 radical (unpaired) electrons. The van der Waals surface area contributed by atoms with E-state index in [1.54, 1.807) is 0 Å². The molecule has 0 saturated carbocycles. The molecule has 14 heavy (non-hydrogen) atoms. The highest BCUT2D eigenvalue weighted by molar-refractivity contribution is 6.06. The lowest BCUT2D eigenvalue weighted by Crippen LogP contribution is -2.18. The summed E-state index contributed by atoms with van der Waals surface area (Å²) in [6.07, 6.45) is 0.345. The van der Waals surface area contributed by atoms with E-state index in [-0.39, 0.29) is 23.7 Å². The third-order valence-electron chi connectivity index (χ3n) is 3.02. The number of nitrogens with one attached hydrogen (secondary N) is 1. The second-order valence-electron chi connectivity index (χ2n) is 3.81. The third-order valence-corrected chi connectivity index (χ3v) is 3.02. The molecule has 2 aliphatic rings. The molecule has 1 N–H and O–H groups in total. The van der Waals surface area contributed by atoms with E-state index in [1.165, 1.54) is 0 Å². The Labute approximate surface area is 81.1 Å². The van der Waals surface area contributed by atoms with E-state index >= 15 is 0 Å². The number of carbonyl (C=O) groups excluding carboxylic acids is 2. The zero-order chi connectivity index (χ0) is 9.71. The van der Waals surface area contributed by atoms with Gasteiger partial charge in [-0.25, -0.2) is 0 Å². The molecule has 3 heteroatoms. The van der Waals surface area contributed by atoms with Crippen LogP contribution < -0.4 is 5.32 Å². The molecule has 1 aromatic rings. The van der Waals surface area contributed by atoms with E-state index in [1.807, 2.05) is 24.3 Å². The van der Waals surface area contributed by atoms with Gasteiger partial charge >= 0.3 is 0 Å². The Morgan fingerprint density at radius 2 is 2.00 bits per heavy atom. The van der Waals surface area contributed by atoms with Crippen molar-refractivity contribution < 1.29 is 9.59 Å². The molecule has 1 aromatic carbocycles. The summed E-state index contributed by atoms with van der Waals surface area (Å²) in [5.41, 5.74) is 1.76. The number of ketones is 1. The second kappa shape index (κ2) is 2.44. The van der Waals surface area contributed by atoms with Crippen molar-refractivity contribution in [1.29, 1.82) is 0 Å². The number of hydrogen-bond acceptors (Lipinski definition) is 2. The molecule has 1 fully saturated rings. The Morgan fingerprint density at radius 3 is 2.86 bits per heavy atom. The minimum atomic E-state index is -0.153. The number of rotatable bonds is 0. The predicted molar refractivity (Wildman–Crippen MR) is 49.8 cm³/mol. The van der Waals surface area contributed by atoms with Crippen molar-refractivity contribution in [3.05, 3.63) is 35.4 Å². The van der Waals surface area contributed by atoms with Crippen molar-refractivity contribution in [2.75, 3.05) is 0 Å². The summed E-state index contributed by atoms with van der Waals surface area (Å²) in [6, 6.07) is 7.45. The van der Waals surface area contributed by atoms with Crippen LogP contribution in [0.25, 0.3) is 0 Å². The fourth-order valence-corrected chi connectivity index (χ4v) is 2.38. The van der Waals surface area contributed by atoms with Gasteiger partial charge in [-0.2, -0.15) is 0 Å². The molecule has 1 saturated heterocycles. The first-order chi connectivity index (χ1) is 6.77. The van der Waals surface area contributed by atoms with Crippen molar-refractivity contribution in [3.8, 4) is 0 Å². The fourth-order valence-electron chi connectivity index (χ4n) is 2.38. The molecular formula is C11H9NO2. The fraction of sp³-hybridized carbons (Fsp3) is 0.273. The van der Waals surface area contributed by atoms with E-state index in [0.29, 0.717) is 6.42 Å². The van der Waals surface area contributed by atoms with E-state index < -0.39 is 0 Å². The zero-order valence-electron chi connectivity index (χ0n) is 7.49. The van der Waals surface area contributed by atoms with Gasteiger partial charge < -0.3 is 5.32 Å². The molecule has 70 valence electrons. The highest BCUT2D eigenvalue weighted by Crippen LogP contribution is 2.40. The Morgan fingerprint density at radius 1 is 1.21 bits per heavy atom. The normalized spacial score (nSPS) is 28.6. The van der Waals surface area contributed by atoms with Crippen LogP contribution in [-0.2, 0) is 4.79 Å². The SMILES string of the molecule is O=C1C[C@H]2C(=O)c3ccccc3[C@H]2N1. The lowest BCUT2D eigenvalue weighted by Gasteiger charge is -2.07. The van der Waals surface area contributed by atoms with Crippen LogP contribution in [0.3, 0.4) is 0 Å². The second-order valence-corrected chi connectivity index (χ2v) is 3.81. The van der Waals surface area contributed by atoms with Crippen LogP contribution in [0.1, 0.15) is 28.4 Å². The van der Waals surface area contributed by atoms with Crippen molar-refractivity contribution in [1.82, 2.24) is 5.32 Å². The summed E-state index contributed by atoms with van der Waals surface area (Å²) in [7, 11) is 0. The number of Topliss-reactive ketones (excluding diaryl/α,β-unsaturated/α-hetero) is 1.